The number of aryl methyl sites for hydroxylation is 2. The molecule has 1 fully saturated rings. The molecule has 5 heterocycles. The molecular formula is C24H24N4O4S2. The van der Waals surface area contributed by atoms with E-state index < -0.39 is 0 Å². The lowest BCUT2D eigenvalue weighted by Crippen LogP contribution is -2.49. The number of ether oxygens (including phenoxy) is 1. The van der Waals surface area contributed by atoms with Crippen LogP contribution in [0.1, 0.15) is 46.3 Å². The zero-order valence-corrected chi connectivity index (χ0v) is 20.6. The summed E-state index contributed by atoms with van der Waals surface area (Å²) in [6.45, 7) is 4.09. The zero-order valence-electron chi connectivity index (χ0n) is 19.0. The van der Waals surface area contributed by atoms with Crippen LogP contribution in [-0.4, -0.2) is 44.4 Å². The standard InChI is InChI=1S/C24H24N4O4S2/c1-3-32-23(31)13-4-5-14-17(7-13)34-21-18(14)20(25-11-26-21)27-15-6-12(2)19-16(29)8-24(9-33-10-24)28(19)22(15)30/h6,11,13H,3-5,7-10H2,1-2H3,(H,25,26,27)/t13-/m0/s1. The second kappa shape index (κ2) is 7.91. The van der Waals surface area contributed by atoms with E-state index in [9.17, 15) is 14.4 Å². The Kier molecular flexibility index (Phi) is 5.07. The second-order valence-electron chi connectivity index (χ2n) is 9.27. The first-order chi connectivity index (χ1) is 16.4. The highest BCUT2D eigenvalue weighted by molar-refractivity contribution is 8.00. The van der Waals surface area contributed by atoms with Crippen LogP contribution in [0.15, 0.2) is 17.2 Å². The Hall–Kier alpha value is -2.72. The van der Waals surface area contributed by atoms with E-state index in [1.54, 1.807) is 33.7 Å². The van der Waals surface area contributed by atoms with Crippen LogP contribution >= 0.6 is 23.1 Å². The minimum atomic E-state index is -0.388. The largest absolute Gasteiger partial charge is 0.466 e. The van der Waals surface area contributed by atoms with E-state index in [-0.39, 0.29) is 28.8 Å². The number of hydrogen-bond acceptors (Lipinski definition) is 9. The number of pyridine rings is 1. The average molecular weight is 497 g/mol. The van der Waals surface area contributed by atoms with Gasteiger partial charge in [0, 0.05) is 22.8 Å². The molecule has 176 valence electrons. The number of Topliss-reactive ketones (excluding diaryl/α,β-unsaturated/α-hetero) is 1. The van der Waals surface area contributed by atoms with Crippen molar-refractivity contribution in [2.75, 3.05) is 23.4 Å². The Balaban J connectivity index is 1.40. The summed E-state index contributed by atoms with van der Waals surface area (Å²) in [6.07, 6.45) is 3.99. The monoisotopic (exact) mass is 496 g/mol. The molecule has 0 aromatic carbocycles. The topological polar surface area (TPSA) is 103 Å². The van der Waals surface area contributed by atoms with Gasteiger partial charge in [0.2, 0.25) is 0 Å². The van der Waals surface area contributed by atoms with Crippen molar-refractivity contribution in [2.24, 2.45) is 5.92 Å². The van der Waals surface area contributed by atoms with Crippen LogP contribution in [0.2, 0.25) is 0 Å². The van der Waals surface area contributed by atoms with E-state index in [2.05, 4.69) is 15.3 Å². The number of ketones is 1. The number of fused-ring (bicyclic) bond motifs is 5. The number of thiophene rings is 1. The maximum atomic E-state index is 13.6. The molecule has 1 atom stereocenters. The van der Waals surface area contributed by atoms with Gasteiger partial charge in [0.1, 0.15) is 22.7 Å². The molecule has 2 aliphatic heterocycles. The molecule has 0 bridgehead atoms. The van der Waals surface area contributed by atoms with Crippen molar-refractivity contribution >= 4 is 56.6 Å². The fourth-order valence-corrected chi connectivity index (χ4v) is 7.86. The molecule has 3 aromatic heterocycles. The Bertz CT molecular complexity index is 1420. The van der Waals surface area contributed by atoms with E-state index in [0.717, 1.165) is 50.6 Å². The highest BCUT2D eigenvalue weighted by Gasteiger charge is 2.49. The number of rotatable bonds is 4. The summed E-state index contributed by atoms with van der Waals surface area (Å²) in [5, 5.41) is 4.20. The van der Waals surface area contributed by atoms with Gasteiger partial charge in [-0.25, -0.2) is 9.97 Å². The van der Waals surface area contributed by atoms with Crippen LogP contribution in [0.3, 0.4) is 0 Å². The van der Waals surface area contributed by atoms with Crippen molar-refractivity contribution in [1.29, 1.82) is 0 Å². The number of hydrogen-bond donors (Lipinski definition) is 1. The van der Waals surface area contributed by atoms with Gasteiger partial charge in [-0.2, -0.15) is 11.8 Å². The van der Waals surface area contributed by atoms with Crippen molar-refractivity contribution in [3.8, 4) is 0 Å². The molecule has 0 radical (unpaired) electrons. The summed E-state index contributed by atoms with van der Waals surface area (Å²) < 4.78 is 6.97. The number of anilines is 2. The molecule has 6 rings (SSSR count). The van der Waals surface area contributed by atoms with Crippen LogP contribution in [0.25, 0.3) is 10.2 Å². The van der Waals surface area contributed by atoms with E-state index >= 15 is 0 Å². The van der Waals surface area contributed by atoms with E-state index in [1.807, 2.05) is 13.8 Å². The number of carbonyl (C=O) groups is 2. The molecule has 1 saturated heterocycles. The van der Waals surface area contributed by atoms with Crippen LogP contribution < -0.4 is 10.9 Å². The first-order valence-corrected chi connectivity index (χ1v) is 13.5. The van der Waals surface area contributed by atoms with Crippen molar-refractivity contribution < 1.29 is 14.3 Å². The van der Waals surface area contributed by atoms with Crippen LogP contribution in [0.4, 0.5) is 11.5 Å². The molecular weight excluding hydrogens is 472 g/mol. The summed E-state index contributed by atoms with van der Waals surface area (Å²) in [5.41, 5.74) is 2.35. The molecule has 8 nitrogen and oxygen atoms in total. The SMILES string of the molecule is CCOC(=O)[C@H]1CCc2c(sc3ncnc(Nc4cc(C)c5n(c4=O)C4(CSC4)CC5=O)c23)C1. The smallest absolute Gasteiger partial charge is 0.309 e. The quantitative estimate of drug-likeness (QED) is 0.547. The van der Waals surface area contributed by atoms with E-state index in [1.165, 1.54) is 6.33 Å². The van der Waals surface area contributed by atoms with Crippen molar-refractivity contribution in [2.45, 2.75) is 45.1 Å². The molecule has 0 amide bonds. The molecule has 3 aliphatic rings. The Morgan fingerprint density at radius 1 is 1.32 bits per heavy atom. The highest BCUT2D eigenvalue weighted by Crippen LogP contribution is 2.45. The number of nitrogens with zero attached hydrogens (tertiary/aromatic N) is 3. The predicted octanol–water partition coefficient (Wildman–Crippen LogP) is 3.60. The molecule has 1 N–H and O–H groups in total. The zero-order chi connectivity index (χ0) is 23.6. The number of aromatic nitrogens is 3. The van der Waals surface area contributed by atoms with Crippen LogP contribution in [0, 0.1) is 12.8 Å². The summed E-state index contributed by atoms with van der Waals surface area (Å²) in [5.74, 6) is 1.93. The maximum Gasteiger partial charge on any atom is 0.309 e. The molecule has 3 aromatic rings. The minimum absolute atomic E-state index is 0.0499. The molecule has 1 aliphatic carbocycles. The maximum absolute atomic E-state index is 13.6. The predicted molar refractivity (Wildman–Crippen MR) is 133 cm³/mol. The van der Waals surface area contributed by atoms with E-state index in [4.69, 9.17) is 4.74 Å². The van der Waals surface area contributed by atoms with Crippen LogP contribution in [-0.2, 0) is 27.9 Å². The molecule has 34 heavy (non-hydrogen) atoms. The minimum Gasteiger partial charge on any atom is -0.466 e. The first kappa shape index (κ1) is 21.8. The van der Waals surface area contributed by atoms with Crippen molar-refractivity contribution in [3.63, 3.8) is 0 Å². The molecule has 0 unspecified atom stereocenters. The molecule has 10 heteroatoms. The van der Waals surface area contributed by atoms with E-state index in [0.29, 0.717) is 36.6 Å². The molecule has 1 spiro atoms. The highest BCUT2D eigenvalue weighted by atomic mass is 32.2. The Morgan fingerprint density at radius 2 is 2.15 bits per heavy atom. The number of esters is 1. The number of thioether (sulfide) groups is 1. The average Bonchev–Trinajstić information content (AvgIpc) is 3.33. The normalized spacial score (nSPS) is 20.2. The summed E-state index contributed by atoms with van der Waals surface area (Å²) in [7, 11) is 0. The van der Waals surface area contributed by atoms with Gasteiger partial charge in [-0.1, -0.05) is 0 Å². The molecule has 0 saturated carbocycles. The lowest BCUT2D eigenvalue weighted by molar-refractivity contribution is -0.148. The van der Waals surface area contributed by atoms with Gasteiger partial charge < -0.3 is 10.1 Å². The van der Waals surface area contributed by atoms with Gasteiger partial charge in [-0.05, 0) is 50.3 Å². The lowest BCUT2D eigenvalue weighted by Gasteiger charge is -2.39. The van der Waals surface area contributed by atoms with Gasteiger partial charge in [0.15, 0.2) is 5.78 Å². The van der Waals surface area contributed by atoms with Crippen molar-refractivity contribution in [1.82, 2.24) is 14.5 Å². The third-order valence-corrected chi connectivity index (χ3v) is 9.72. The van der Waals surface area contributed by atoms with Gasteiger partial charge in [0.05, 0.1) is 29.1 Å². The van der Waals surface area contributed by atoms with Gasteiger partial charge >= 0.3 is 5.97 Å². The van der Waals surface area contributed by atoms with Gasteiger partial charge in [0.25, 0.3) is 5.56 Å². The second-order valence-corrected chi connectivity index (χ2v) is 11.3. The van der Waals surface area contributed by atoms with Crippen molar-refractivity contribution in [3.05, 3.63) is 44.4 Å². The first-order valence-electron chi connectivity index (χ1n) is 11.5. The summed E-state index contributed by atoms with van der Waals surface area (Å²) >= 11 is 3.34. The van der Waals surface area contributed by atoms with Crippen LogP contribution in [0.5, 0.6) is 0 Å². The summed E-state index contributed by atoms with van der Waals surface area (Å²) in [6, 6.07) is 1.76. The third-order valence-electron chi connectivity index (χ3n) is 7.08. The Labute approximate surface area is 204 Å². The number of carbonyl (C=O) groups excluding carboxylic acids is 2. The third kappa shape index (κ3) is 3.15. The fraction of sp³-hybridized carbons (Fsp3) is 0.458. The van der Waals surface area contributed by atoms with Gasteiger partial charge in [-0.3, -0.25) is 19.0 Å². The summed E-state index contributed by atoms with van der Waals surface area (Å²) in [4.78, 5) is 49.5. The van der Waals surface area contributed by atoms with Gasteiger partial charge in [-0.15, -0.1) is 11.3 Å². The fourth-order valence-electron chi connectivity index (χ4n) is 5.46. The number of nitrogens with one attached hydrogen (secondary N) is 1. The lowest BCUT2D eigenvalue weighted by atomic mass is 9.88. The Morgan fingerprint density at radius 3 is 2.88 bits per heavy atom.